The number of aldehydes is 1. The summed E-state index contributed by atoms with van der Waals surface area (Å²) >= 11 is 1.63. The molecule has 11 heavy (non-hydrogen) atoms. The van der Waals surface area contributed by atoms with Gasteiger partial charge < -0.3 is 5.73 Å². The Kier molecular flexibility index (Phi) is 2.42. The molecule has 0 aliphatic heterocycles. The molecule has 0 saturated carbocycles. The van der Waals surface area contributed by atoms with E-state index in [9.17, 15) is 4.79 Å². The first-order valence-electron chi connectivity index (χ1n) is 3.44. The second-order valence-electron chi connectivity index (χ2n) is 2.43. The number of thiophene rings is 1. The number of carbonyl (C=O) groups is 1. The van der Waals surface area contributed by atoms with Gasteiger partial charge in [-0.15, -0.1) is 11.3 Å². The van der Waals surface area contributed by atoms with Crippen LogP contribution in [0.4, 0.5) is 0 Å². The highest BCUT2D eigenvalue weighted by molar-refractivity contribution is 7.12. The van der Waals surface area contributed by atoms with E-state index in [0.29, 0.717) is 6.54 Å². The number of nitrogens with two attached hydrogens (primary N) is 1. The van der Waals surface area contributed by atoms with Crippen LogP contribution < -0.4 is 5.73 Å². The van der Waals surface area contributed by atoms with Crippen molar-refractivity contribution in [1.29, 1.82) is 0 Å². The average Bonchev–Trinajstić information content (AvgIpc) is 2.24. The third kappa shape index (κ3) is 1.34. The average molecular weight is 169 g/mol. The first kappa shape index (κ1) is 8.43. The van der Waals surface area contributed by atoms with Gasteiger partial charge in [-0.2, -0.15) is 0 Å². The maximum absolute atomic E-state index is 10.6. The third-order valence-electron chi connectivity index (χ3n) is 1.76. The van der Waals surface area contributed by atoms with E-state index in [-0.39, 0.29) is 0 Å². The topological polar surface area (TPSA) is 43.1 Å². The van der Waals surface area contributed by atoms with Gasteiger partial charge in [0.1, 0.15) is 0 Å². The SMILES string of the molecule is Cc1sc(C)c(CN)c1C=O. The van der Waals surface area contributed by atoms with Crippen LogP contribution in [0.3, 0.4) is 0 Å². The molecule has 0 aromatic carbocycles. The molecular formula is C8H11NOS. The summed E-state index contributed by atoms with van der Waals surface area (Å²) in [7, 11) is 0. The molecule has 0 saturated heterocycles. The van der Waals surface area contributed by atoms with Crippen LogP contribution in [0, 0.1) is 13.8 Å². The minimum Gasteiger partial charge on any atom is -0.326 e. The molecular weight excluding hydrogens is 158 g/mol. The molecule has 1 heterocycles. The lowest BCUT2D eigenvalue weighted by molar-refractivity contribution is 0.112. The van der Waals surface area contributed by atoms with Gasteiger partial charge in [-0.05, 0) is 19.4 Å². The quantitative estimate of drug-likeness (QED) is 0.684. The predicted molar refractivity (Wildman–Crippen MR) is 47.1 cm³/mol. The summed E-state index contributed by atoms with van der Waals surface area (Å²) in [4.78, 5) is 12.8. The minimum absolute atomic E-state index is 0.463. The van der Waals surface area contributed by atoms with Crippen molar-refractivity contribution in [3.8, 4) is 0 Å². The van der Waals surface area contributed by atoms with Gasteiger partial charge in [-0.3, -0.25) is 4.79 Å². The summed E-state index contributed by atoms with van der Waals surface area (Å²) in [5, 5.41) is 0. The van der Waals surface area contributed by atoms with Crippen LogP contribution in [0.25, 0.3) is 0 Å². The van der Waals surface area contributed by atoms with Crippen LogP contribution in [-0.2, 0) is 6.54 Å². The third-order valence-corrected chi connectivity index (χ3v) is 2.84. The molecule has 60 valence electrons. The van der Waals surface area contributed by atoms with Gasteiger partial charge in [-0.25, -0.2) is 0 Å². The maximum Gasteiger partial charge on any atom is 0.151 e. The lowest BCUT2D eigenvalue weighted by Crippen LogP contribution is -1.99. The predicted octanol–water partition coefficient (Wildman–Crippen LogP) is 1.64. The maximum atomic E-state index is 10.6. The Labute approximate surface area is 70.0 Å². The fourth-order valence-corrected chi connectivity index (χ4v) is 2.21. The van der Waals surface area contributed by atoms with E-state index in [1.54, 1.807) is 11.3 Å². The lowest BCUT2D eigenvalue weighted by Gasteiger charge is -1.94. The normalized spacial score (nSPS) is 10.1. The van der Waals surface area contributed by atoms with Crippen molar-refractivity contribution in [3.05, 3.63) is 20.9 Å². The zero-order valence-electron chi connectivity index (χ0n) is 6.68. The van der Waals surface area contributed by atoms with Crippen molar-refractivity contribution < 1.29 is 4.79 Å². The van der Waals surface area contributed by atoms with E-state index in [0.717, 1.165) is 27.2 Å². The van der Waals surface area contributed by atoms with Crippen molar-refractivity contribution in [2.75, 3.05) is 0 Å². The fraction of sp³-hybridized carbons (Fsp3) is 0.375. The molecule has 2 N–H and O–H groups in total. The molecule has 0 unspecified atom stereocenters. The highest BCUT2D eigenvalue weighted by atomic mass is 32.1. The van der Waals surface area contributed by atoms with Gasteiger partial charge in [0.05, 0.1) is 0 Å². The highest BCUT2D eigenvalue weighted by Gasteiger charge is 2.09. The van der Waals surface area contributed by atoms with Crippen molar-refractivity contribution in [3.63, 3.8) is 0 Å². The molecule has 0 bridgehead atoms. The Morgan fingerprint density at radius 3 is 2.45 bits per heavy atom. The standard InChI is InChI=1S/C8H11NOS/c1-5-7(3-9)8(4-10)6(2)11-5/h4H,3,9H2,1-2H3. The van der Waals surface area contributed by atoms with E-state index in [1.165, 1.54) is 0 Å². The van der Waals surface area contributed by atoms with Gasteiger partial charge in [0.2, 0.25) is 0 Å². The first-order valence-corrected chi connectivity index (χ1v) is 4.26. The fourth-order valence-electron chi connectivity index (χ4n) is 1.16. The summed E-state index contributed by atoms with van der Waals surface area (Å²) in [5.41, 5.74) is 7.28. The summed E-state index contributed by atoms with van der Waals surface area (Å²) in [5.74, 6) is 0. The largest absolute Gasteiger partial charge is 0.326 e. The highest BCUT2D eigenvalue weighted by Crippen LogP contribution is 2.25. The van der Waals surface area contributed by atoms with E-state index < -0.39 is 0 Å². The number of hydrogen-bond acceptors (Lipinski definition) is 3. The molecule has 1 rings (SSSR count). The Hall–Kier alpha value is -0.670. The monoisotopic (exact) mass is 169 g/mol. The number of aryl methyl sites for hydroxylation is 2. The van der Waals surface area contributed by atoms with Crippen molar-refractivity contribution >= 4 is 17.6 Å². The molecule has 0 spiro atoms. The van der Waals surface area contributed by atoms with Crippen LogP contribution in [0.2, 0.25) is 0 Å². The summed E-state index contributed by atoms with van der Waals surface area (Å²) in [6.45, 7) is 4.40. The molecule has 2 nitrogen and oxygen atoms in total. The number of rotatable bonds is 2. The Morgan fingerprint density at radius 2 is 2.09 bits per heavy atom. The van der Waals surface area contributed by atoms with Gasteiger partial charge in [0.15, 0.2) is 6.29 Å². The molecule has 0 radical (unpaired) electrons. The van der Waals surface area contributed by atoms with Crippen LogP contribution in [0.15, 0.2) is 0 Å². The van der Waals surface area contributed by atoms with Crippen molar-refractivity contribution in [2.24, 2.45) is 5.73 Å². The molecule has 3 heteroatoms. The Morgan fingerprint density at radius 1 is 1.45 bits per heavy atom. The van der Waals surface area contributed by atoms with Gasteiger partial charge in [0.25, 0.3) is 0 Å². The van der Waals surface area contributed by atoms with Crippen LogP contribution in [0.5, 0.6) is 0 Å². The van der Waals surface area contributed by atoms with Gasteiger partial charge in [-0.1, -0.05) is 0 Å². The Bertz CT molecular complexity index is 278. The van der Waals surface area contributed by atoms with Gasteiger partial charge in [0, 0.05) is 21.9 Å². The van der Waals surface area contributed by atoms with Gasteiger partial charge >= 0.3 is 0 Å². The first-order chi connectivity index (χ1) is 5.20. The van der Waals surface area contributed by atoms with E-state index >= 15 is 0 Å². The van der Waals surface area contributed by atoms with E-state index in [1.807, 2.05) is 13.8 Å². The molecule has 0 aliphatic rings. The van der Waals surface area contributed by atoms with Crippen LogP contribution in [0.1, 0.15) is 25.7 Å². The lowest BCUT2D eigenvalue weighted by atomic mass is 10.1. The van der Waals surface area contributed by atoms with Crippen LogP contribution in [-0.4, -0.2) is 6.29 Å². The molecule has 0 aliphatic carbocycles. The number of carbonyl (C=O) groups excluding carboxylic acids is 1. The molecule has 0 amide bonds. The molecule has 0 atom stereocenters. The minimum atomic E-state index is 0.463. The summed E-state index contributed by atoms with van der Waals surface area (Å²) < 4.78 is 0. The van der Waals surface area contributed by atoms with Crippen LogP contribution >= 0.6 is 11.3 Å². The van der Waals surface area contributed by atoms with E-state index in [4.69, 9.17) is 5.73 Å². The second kappa shape index (κ2) is 3.15. The van der Waals surface area contributed by atoms with E-state index in [2.05, 4.69) is 0 Å². The van der Waals surface area contributed by atoms with Crippen molar-refractivity contribution in [2.45, 2.75) is 20.4 Å². The summed E-state index contributed by atoms with van der Waals surface area (Å²) in [6, 6.07) is 0. The molecule has 0 fully saturated rings. The second-order valence-corrected chi connectivity index (χ2v) is 3.86. The zero-order chi connectivity index (χ0) is 8.43. The molecule has 1 aromatic rings. The Balaban J connectivity index is 3.28. The molecule has 1 aromatic heterocycles. The zero-order valence-corrected chi connectivity index (χ0v) is 7.49. The van der Waals surface area contributed by atoms with Crippen molar-refractivity contribution in [1.82, 2.24) is 0 Å². The summed E-state index contributed by atoms with van der Waals surface area (Å²) in [6.07, 6.45) is 0.890. The number of hydrogen-bond donors (Lipinski definition) is 1. The smallest absolute Gasteiger partial charge is 0.151 e.